The third-order valence-corrected chi connectivity index (χ3v) is 2.76. The molecule has 0 saturated carbocycles. The lowest BCUT2D eigenvalue weighted by Gasteiger charge is -2.17. The van der Waals surface area contributed by atoms with Crippen molar-refractivity contribution in [1.82, 2.24) is 0 Å². The molecule has 0 amide bonds. The summed E-state index contributed by atoms with van der Waals surface area (Å²) >= 11 is 0. The molecule has 4 heteroatoms. The predicted molar refractivity (Wildman–Crippen MR) is 72.9 cm³/mol. The second kappa shape index (κ2) is 4.87. The van der Waals surface area contributed by atoms with E-state index in [4.69, 9.17) is 0 Å². The van der Waals surface area contributed by atoms with E-state index in [0.717, 1.165) is 16.8 Å². The Kier molecular flexibility index (Phi) is 3.28. The van der Waals surface area contributed by atoms with Crippen molar-refractivity contribution in [3.8, 4) is 11.1 Å². The van der Waals surface area contributed by atoms with Crippen LogP contribution in [0.4, 0.5) is 11.4 Å². The quantitative estimate of drug-likeness (QED) is 0.612. The van der Waals surface area contributed by atoms with Gasteiger partial charge >= 0.3 is 0 Å². The number of non-ortho nitro benzene ring substituents is 1. The van der Waals surface area contributed by atoms with E-state index < -0.39 is 0 Å². The molecule has 0 spiro atoms. The molecule has 0 aliphatic heterocycles. The maximum Gasteiger partial charge on any atom is 0.270 e. The van der Waals surface area contributed by atoms with Gasteiger partial charge in [0.1, 0.15) is 0 Å². The van der Waals surface area contributed by atoms with Crippen LogP contribution in [0.2, 0.25) is 0 Å². The standard InChI is InChI=1S/C14H14N2O2/c1-15(2)14-9-8-12(16(17)18)10-13(14)11-6-4-3-5-7-11/h3-10H,1-2H3. The van der Waals surface area contributed by atoms with Gasteiger partial charge in [0.15, 0.2) is 0 Å². The molecule has 0 aliphatic carbocycles. The maximum absolute atomic E-state index is 10.9. The molecule has 18 heavy (non-hydrogen) atoms. The molecule has 0 radical (unpaired) electrons. The molecular weight excluding hydrogens is 228 g/mol. The Labute approximate surface area is 106 Å². The number of hydrogen-bond acceptors (Lipinski definition) is 3. The summed E-state index contributed by atoms with van der Waals surface area (Å²) in [7, 11) is 3.85. The summed E-state index contributed by atoms with van der Waals surface area (Å²) in [6, 6.07) is 14.6. The topological polar surface area (TPSA) is 46.4 Å². The predicted octanol–water partition coefficient (Wildman–Crippen LogP) is 3.33. The molecule has 0 unspecified atom stereocenters. The zero-order valence-corrected chi connectivity index (χ0v) is 10.3. The molecule has 92 valence electrons. The molecule has 0 aromatic heterocycles. The van der Waals surface area contributed by atoms with Crippen molar-refractivity contribution in [1.29, 1.82) is 0 Å². The Bertz CT molecular complexity index is 565. The summed E-state index contributed by atoms with van der Waals surface area (Å²) in [6.45, 7) is 0. The molecule has 0 N–H and O–H groups in total. The second-order valence-corrected chi connectivity index (χ2v) is 4.22. The third-order valence-electron chi connectivity index (χ3n) is 2.76. The van der Waals surface area contributed by atoms with Crippen LogP contribution in [0.15, 0.2) is 48.5 Å². The van der Waals surface area contributed by atoms with Gasteiger partial charge in [-0.3, -0.25) is 10.1 Å². The highest BCUT2D eigenvalue weighted by atomic mass is 16.6. The first kappa shape index (κ1) is 12.1. The minimum Gasteiger partial charge on any atom is -0.377 e. The van der Waals surface area contributed by atoms with Gasteiger partial charge in [-0.25, -0.2) is 0 Å². The van der Waals surface area contributed by atoms with Crippen LogP contribution in [-0.4, -0.2) is 19.0 Å². The van der Waals surface area contributed by atoms with Gasteiger partial charge in [-0.2, -0.15) is 0 Å². The SMILES string of the molecule is CN(C)c1ccc([N+](=O)[O-])cc1-c1ccccc1. The highest BCUT2D eigenvalue weighted by molar-refractivity contribution is 5.80. The Morgan fingerprint density at radius 3 is 2.28 bits per heavy atom. The monoisotopic (exact) mass is 242 g/mol. The van der Waals surface area contributed by atoms with Crippen molar-refractivity contribution < 1.29 is 4.92 Å². The van der Waals surface area contributed by atoms with Gasteiger partial charge in [0, 0.05) is 37.5 Å². The maximum atomic E-state index is 10.9. The van der Waals surface area contributed by atoms with Crippen molar-refractivity contribution in [3.63, 3.8) is 0 Å². The van der Waals surface area contributed by atoms with Gasteiger partial charge in [0.25, 0.3) is 5.69 Å². The first-order valence-corrected chi connectivity index (χ1v) is 5.61. The van der Waals surface area contributed by atoms with E-state index >= 15 is 0 Å². The van der Waals surface area contributed by atoms with Crippen molar-refractivity contribution >= 4 is 11.4 Å². The number of nitro groups is 1. The van der Waals surface area contributed by atoms with Crippen LogP contribution in [-0.2, 0) is 0 Å². The van der Waals surface area contributed by atoms with Gasteiger partial charge in [0.05, 0.1) is 4.92 Å². The number of nitrogens with zero attached hydrogens (tertiary/aromatic N) is 2. The summed E-state index contributed by atoms with van der Waals surface area (Å²) < 4.78 is 0. The van der Waals surface area contributed by atoms with Crippen LogP contribution in [0, 0.1) is 10.1 Å². The Morgan fingerprint density at radius 1 is 1.06 bits per heavy atom. The van der Waals surface area contributed by atoms with Crippen LogP contribution in [0.3, 0.4) is 0 Å². The third kappa shape index (κ3) is 2.32. The minimum absolute atomic E-state index is 0.111. The highest BCUT2D eigenvalue weighted by Crippen LogP contribution is 2.32. The van der Waals surface area contributed by atoms with Gasteiger partial charge in [-0.05, 0) is 11.6 Å². The van der Waals surface area contributed by atoms with Gasteiger partial charge in [-0.1, -0.05) is 30.3 Å². The lowest BCUT2D eigenvalue weighted by Crippen LogP contribution is -2.10. The van der Waals surface area contributed by atoms with Crippen molar-refractivity contribution in [2.45, 2.75) is 0 Å². The second-order valence-electron chi connectivity index (χ2n) is 4.22. The molecule has 4 nitrogen and oxygen atoms in total. The normalized spacial score (nSPS) is 10.1. The summed E-state index contributed by atoms with van der Waals surface area (Å²) in [5.41, 5.74) is 2.92. The summed E-state index contributed by atoms with van der Waals surface area (Å²) in [4.78, 5) is 12.4. The Hall–Kier alpha value is -2.36. The smallest absolute Gasteiger partial charge is 0.270 e. The Morgan fingerprint density at radius 2 is 1.72 bits per heavy atom. The first-order valence-electron chi connectivity index (χ1n) is 5.61. The number of rotatable bonds is 3. The van der Waals surface area contributed by atoms with E-state index in [1.165, 1.54) is 6.07 Å². The zero-order valence-electron chi connectivity index (χ0n) is 10.3. The molecule has 2 aromatic rings. The van der Waals surface area contributed by atoms with Gasteiger partial charge in [0.2, 0.25) is 0 Å². The fourth-order valence-electron chi connectivity index (χ4n) is 1.88. The molecule has 0 saturated heterocycles. The van der Waals surface area contributed by atoms with Crippen LogP contribution >= 0.6 is 0 Å². The van der Waals surface area contributed by atoms with E-state index in [0.29, 0.717) is 0 Å². The van der Waals surface area contributed by atoms with E-state index in [2.05, 4.69) is 0 Å². The van der Waals surface area contributed by atoms with Gasteiger partial charge < -0.3 is 4.90 Å². The molecule has 0 fully saturated rings. The number of benzene rings is 2. The van der Waals surface area contributed by atoms with Crippen molar-refractivity contribution in [2.24, 2.45) is 0 Å². The van der Waals surface area contributed by atoms with E-state index in [1.54, 1.807) is 12.1 Å². The average molecular weight is 242 g/mol. The largest absolute Gasteiger partial charge is 0.377 e. The van der Waals surface area contributed by atoms with Crippen LogP contribution in [0.25, 0.3) is 11.1 Å². The van der Waals surface area contributed by atoms with Crippen LogP contribution in [0.1, 0.15) is 0 Å². The molecule has 0 atom stereocenters. The van der Waals surface area contributed by atoms with Crippen LogP contribution < -0.4 is 4.90 Å². The zero-order chi connectivity index (χ0) is 13.1. The van der Waals surface area contributed by atoms with Crippen molar-refractivity contribution in [3.05, 3.63) is 58.6 Å². The molecule has 0 heterocycles. The van der Waals surface area contributed by atoms with E-state index in [-0.39, 0.29) is 10.6 Å². The highest BCUT2D eigenvalue weighted by Gasteiger charge is 2.13. The average Bonchev–Trinajstić information content (AvgIpc) is 2.39. The lowest BCUT2D eigenvalue weighted by molar-refractivity contribution is -0.384. The van der Waals surface area contributed by atoms with Gasteiger partial charge in [-0.15, -0.1) is 0 Å². The molecule has 0 aliphatic rings. The van der Waals surface area contributed by atoms with Crippen LogP contribution in [0.5, 0.6) is 0 Å². The molecular formula is C14H14N2O2. The fraction of sp³-hybridized carbons (Fsp3) is 0.143. The number of hydrogen-bond donors (Lipinski definition) is 0. The van der Waals surface area contributed by atoms with E-state index in [1.807, 2.05) is 49.3 Å². The van der Waals surface area contributed by atoms with Crippen molar-refractivity contribution in [2.75, 3.05) is 19.0 Å². The molecule has 0 bridgehead atoms. The fourth-order valence-corrected chi connectivity index (χ4v) is 1.88. The summed E-state index contributed by atoms with van der Waals surface area (Å²) in [6.07, 6.45) is 0. The number of anilines is 1. The first-order chi connectivity index (χ1) is 8.59. The Balaban J connectivity index is 2.61. The summed E-state index contributed by atoms with van der Waals surface area (Å²) in [5.74, 6) is 0. The molecule has 2 aromatic carbocycles. The van der Waals surface area contributed by atoms with E-state index in [9.17, 15) is 10.1 Å². The lowest BCUT2D eigenvalue weighted by atomic mass is 10.0. The molecule has 2 rings (SSSR count). The minimum atomic E-state index is -0.369. The summed E-state index contributed by atoms with van der Waals surface area (Å²) in [5, 5.41) is 10.9. The number of nitro benzene ring substituents is 1.